The van der Waals surface area contributed by atoms with Crippen molar-refractivity contribution in [2.45, 2.75) is 0 Å². The average Bonchev–Trinajstić information content (AvgIpc) is 2.33. The Morgan fingerprint density at radius 1 is 1.00 bits per heavy atom. The van der Waals surface area contributed by atoms with Gasteiger partial charge in [0.1, 0.15) is 6.29 Å². The molecule has 0 N–H and O–H groups in total. The SMILES string of the molecule is O=Cc1cccc(-c2cccc(Cl)c2Cl)c1. The number of benzene rings is 2. The van der Waals surface area contributed by atoms with Gasteiger partial charge in [0.05, 0.1) is 10.0 Å². The molecular formula is C13H8Cl2O. The Morgan fingerprint density at radius 2 is 1.75 bits per heavy atom. The number of carbonyl (C=O) groups is 1. The zero-order chi connectivity index (χ0) is 11.5. The fourth-order valence-corrected chi connectivity index (χ4v) is 1.92. The van der Waals surface area contributed by atoms with Gasteiger partial charge < -0.3 is 0 Å². The number of hydrogen-bond acceptors (Lipinski definition) is 1. The topological polar surface area (TPSA) is 17.1 Å². The second-order valence-corrected chi connectivity index (χ2v) is 4.13. The number of rotatable bonds is 2. The van der Waals surface area contributed by atoms with Crippen LogP contribution in [0.2, 0.25) is 10.0 Å². The lowest BCUT2D eigenvalue weighted by atomic mass is 10.0. The molecule has 0 aliphatic heterocycles. The lowest BCUT2D eigenvalue weighted by Crippen LogP contribution is -1.84. The predicted octanol–water partition coefficient (Wildman–Crippen LogP) is 4.47. The van der Waals surface area contributed by atoms with Gasteiger partial charge in [-0.25, -0.2) is 0 Å². The van der Waals surface area contributed by atoms with Crippen LogP contribution in [0.15, 0.2) is 42.5 Å². The predicted molar refractivity (Wildman–Crippen MR) is 67.3 cm³/mol. The summed E-state index contributed by atoms with van der Waals surface area (Å²) < 4.78 is 0. The largest absolute Gasteiger partial charge is 0.298 e. The molecule has 2 aromatic carbocycles. The number of hydrogen-bond donors (Lipinski definition) is 0. The van der Waals surface area contributed by atoms with Crippen LogP contribution >= 0.6 is 23.2 Å². The molecule has 0 atom stereocenters. The van der Waals surface area contributed by atoms with Crippen molar-refractivity contribution in [2.75, 3.05) is 0 Å². The molecule has 0 saturated carbocycles. The highest BCUT2D eigenvalue weighted by molar-refractivity contribution is 6.43. The summed E-state index contributed by atoms with van der Waals surface area (Å²) in [7, 11) is 0. The van der Waals surface area contributed by atoms with Crippen LogP contribution in [0.5, 0.6) is 0 Å². The van der Waals surface area contributed by atoms with Crippen LogP contribution in [0.4, 0.5) is 0 Å². The maximum Gasteiger partial charge on any atom is 0.150 e. The minimum Gasteiger partial charge on any atom is -0.298 e. The summed E-state index contributed by atoms with van der Waals surface area (Å²) in [5, 5.41) is 1.02. The van der Waals surface area contributed by atoms with Crippen LogP contribution < -0.4 is 0 Å². The van der Waals surface area contributed by atoms with Crippen LogP contribution in [0.1, 0.15) is 10.4 Å². The van der Waals surface area contributed by atoms with Gasteiger partial charge in [-0.2, -0.15) is 0 Å². The van der Waals surface area contributed by atoms with E-state index in [1.807, 2.05) is 24.3 Å². The molecule has 0 radical (unpaired) electrons. The van der Waals surface area contributed by atoms with Crippen LogP contribution in [0.3, 0.4) is 0 Å². The van der Waals surface area contributed by atoms with E-state index in [1.165, 1.54) is 0 Å². The smallest absolute Gasteiger partial charge is 0.150 e. The molecule has 3 heteroatoms. The molecule has 1 nitrogen and oxygen atoms in total. The molecule has 0 aliphatic carbocycles. The van der Waals surface area contributed by atoms with Crippen LogP contribution in [0, 0.1) is 0 Å². The van der Waals surface area contributed by atoms with Crippen molar-refractivity contribution in [1.82, 2.24) is 0 Å². The molecule has 0 aromatic heterocycles. The minimum atomic E-state index is 0.507. The van der Waals surface area contributed by atoms with Gasteiger partial charge in [0.15, 0.2) is 0 Å². The Morgan fingerprint density at radius 3 is 2.50 bits per heavy atom. The molecule has 0 amide bonds. The second kappa shape index (κ2) is 4.69. The second-order valence-electron chi connectivity index (χ2n) is 3.34. The third-order valence-corrected chi connectivity index (χ3v) is 3.10. The van der Waals surface area contributed by atoms with E-state index in [0.29, 0.717) is 15.6 Å². The standard InChI is InChI=1S/C13H8Cl2O/c14-12-6-2-5-11(13(12)15)10-4-1-3-9(7-10)8-16/h1-8H. The Balaban J connectivity index is 2.58. The van der Waals surface area contributed by atoms with Crippen LogP contribution in [-0.2, 0) is 0 Å². The van der Waals surface area contributed by atoms with E-state index in [4.69, 9.17) is 23.2 Å². The van der Waals surface area contributed by atoms with Crippen molar-refractivity contribution in [3.8, 4) is 11.1 Å². The molecule has 0 aliphatic rings. The first-order chi connectivity index (χ1) is 7.72. The number of carbonyl (C=O) groups excluding carboxylic acids is 1. The van der Waals surface area contributed by atoms with Crippen molar-refractivity contribution < 1.29 is 4.79 Å². The molecule has 80 valence electrons. The maximum atomic E-state index is 10.7. The molecule has 0 spiro atoms. The quantitative estimate of drug-likeness (QED) is 0.719. The highest BCUT2D eigenvalue weighted by atomic mass is 35.5. The molecule has 0 unspecified atom stereocenters. The van der Waals surface area contributed by atoms with Gasteiger partial charge in [-0.15, -0.1) is 0 Å². The highest BCUT2D eigenvalue weighted by Crippen LogP contribution is 2.33. The van der Waals surface area contributed by atoms with E-state index in [9.17, 15) is 4.79 Å². The van der Waals surface area contributed by atoms with Crippen LogP contribution in [-0.4, -0.2) is 6.29 Å². The third kappa shape index (κ3) is 2.11. The summed E-state index contributed by atoms with van der Waals surface area (Å²) in [6.07, 6.45) is 0.807. The fourth-order valence-electron chi connectivity index (χ4n) is 1.51. The van der Waals surface area contributed by atoms with Crippen molar-refractivity contribution >= 4 is 29.5 Å². The molecule has 0 saturated heterocycles. The molecule has 0 bridgehead atoms. The zero-order valence-corrected chi connectivity index (χ0v) is 9.79. The lowest BCUT2D eigenvalue weighted by Gasteiger charge is -2.06. The van der Waals surface area contributed by atoms with Gasteiger partial charge in [0, 0.05) is 11.1 Å². The van der Waals surface area contributed by atoms with E-state index in [0.717, 1.165) is 17.4 Å². The first kappa shape index (κ1) is 11.2. The monoisotopic (exact) mass is 250 g/mol. The lowest BCUT2D eigenvalue weighted by molar-refractivity contribution is 0.112. The van der Waals surface area contributed by atoms with Crippen molar-refractivity contribution in [1.29, 1.82) is 0 Å². The Bertz CT molecular complexity index is 535. The number of aldehydes is 1. The maximum absolute atomic E-state index is 10.7. The summed E-state index contributed by atoms with van der Waals surface area (Å²) in [4.78, 5) is 10.7. The van der Waals surface area contributed by atoms with E-state index in [2.05, 4.69) is 0 Å². The molecule has 0 fully saturated rings. The van der Waals surface area contributed by atoms with Crippen molar-refractivity contribution in [3.63, 3.8) is 0 Å². The molecule has 16 heavy (non-hydrogen) atoms. The van der Waals surface area contributed by atoms with Crippen molar-refractivity contribution in [3.05, 3.63) is 58.1 Å². The third-order valence-electron chi connectivity index (χ3n) is 2.29. The van der Waals surface area contributed by atoms with E-state index in [-0.39, 0.29) is 0 Å². The van der Waals surface area contributed by atoms with E-state index in [1.54, 1.807) is 18.2 Å². The first-order valence-corrected chi connectivity index (χ1v) is 5.47. The molecule has 2 aromatic rings. The summed E-state index contributed by atoms with van der Waals surface area (Å²) in [6.45, 7) is 0. The van der Waals surface area contributed by atoms with Gasteiger partial charge >= 0.3 is 0 Å². The average molecular weight is 251 g/mol. The fraction of sp³-hybridized carbons (Fsp3) is 0. The normalized spacial score (nSPS) is 10.1. The zero-order valence-electron chi connectivity index (χ0n) is 8.28. The van der Waals surface area contributed by atoms with Gasteiger partial charge in [0.2, 0.25) is 0 Å². The van der Waals surface area contributed by atoms with E-state index < -0.39 is 0 Å². The number of halogens is 2. The minimum absolute atomic E-state index is 0.507. The summed E-state index contributed by atoms with van der Waals surface area (Å²) in [6, 6.07) is 12.7. The highest BCUT2D eigenvalue weighted by Gasteiger charge is 2.06. The van der Waals surface area contributed by atoms with E-state index >= 15 is 0 Å². The van der Waals surface area contributed by atoms with Crippen LogP contribution in [0.25, 0.3) is 11.1 Å². The Labute approximate surface area is 104 Å². The molecular weight excluding hydrogens is 243 g/mol. The Kier molecular flexibility index (Phi) is 3.28. The first-order valence-electron chi connectivity index (χ1n) is 4.72. The van der Waals surface area contributed by atoms with Gasteiger partial charge in [0.25, 0.3) is 0 Å². The molecule has 2 rings (SSSR count). The Hall–Kier alpha value is -1.31. The molecule has 0 heterocycles. The van der Waals surface area contributed by atoms with Gasteiger partial charge in [-0.3, -0.25) is 4.79 Å². The van der Waals surface area contributed by atoms with Gasteiger partial charge in [-0.1, -0.05) is 53.5 Å². The van der Waals surface area contributed by atoms with Gasteiger partial charge in [-0.05, 0) is 17.7 Å². The summed E-state index contributed by atoms with van der Waals surface area (Å²) in [5.74, 6) is 0. The summed E-state index contributed by atoms with van der Waals surface area (Å²) in [5.41, 5.74) is 2.34. The summed E-state index contributed by atoms with van der Waals surface area (Å²) >= 11 is 12.0. The van der Waals surface area contributed by atoms with Crippen molar-refractivity contribution in [2.24, 2.45) is 0 Å².